The number of ether oxygens (including phenoxy) is 2. The molecule has 0 bridgehead atoms. The van der Waals surface area contributed by atoms with E-state index in [4.69, 9.17) is 24.3 Å². The van der Waals surface area contributed by atoms with Crippen molar-refractivity contribution < 1.29 is 38.1 Å². The van der Waals surface area contributed by atoms with Crippen molar-refractivity contribution in [2.75, 3.05) is 18.9 Å². The third kappa shape index (κ3) is 7.74. The van der Waals surface area contributed by atoms with Crippen molar-refractivity contribution in [1.82, 2.24) is 19.7 Å². The van der Waals surface area contributed by atoms with Crippen molar-refractivity contribution in [2.24, 2.45) is 0 Å². The number of unbranched alkanes of at least 4 members (excludes halogenated alkanes) is 5. The lowest BCUT2D eigenvalue weighted by Crippen LogP contribution is -2.46. The number of nitriles is 1. The first-order chi connectivity index (χ1) is 21.1. The molecule has 0 amide bonds. The van der Waals surface area contributed by atoms with Crippen molar-refractivity contribution in [3.05, 3.63) is 54.5 Å². The number of aliphatic hydroxyl groups excluding tert-OH is 2. The van der Waals surface area contributed by atoms with Crippen LogP contribution in [0.4, 0.5) is 5.82 Å². The van der Waals surface area contributed by atoms with Crippen LogP contribution in [0.5, 0.6) is 5.75 Å². The zero-order chi connectivity index (χ0) is 31.7. The van der Waals surface area contributed by atoms with E-state index in [0.29, 0.717) is 17.6 Å². The van der Waals surface area contributed by atoms with E-state index in [0.717, 1.165) is 25.7 Å². The molecule has 14 nitrogen and oxygen atoms in total. The molecule has 1 aliphatic rings. The fraction of sp³-hybridized carbons (Fsp3) is 0.517. The number of aromatic nitrogens is 3. The van der Waals surface area contributed by atoms with E-state index in [1.807, 2.05) is 6.07 Å². The largest absolute Gasteiger partial charge is 0.465 e. The van der Waals surface area contributed by atoms with Gasteiger partial charge in [0.15, 0.2) is 5.82 Å². The molecule has 5 N–H and O–H groups in total. The van der Waals surface area contributed by atoms with Crippen LogP contribution in [0.3, 0.4) is 0 Å². The number of hydrogen-bond donors (Lipinski definition) is 4. The summed E-state index contributed by atoms with van der Waals surface area (Å²) < 4.78 is 37.9. The van der Waals surface area contributed by atoms with Crippen LogP contribution in [-0.2, 0) is 23.4 Å². The molecule has 4 rings (SSSR count). The van der Waals surface area contributed by atoms with E-state index in [2.05, 4.69) is 22.1 Å². The Balaban J connectivity index is 1.47. The molecule has 238 valence electrons. The third-order valence-corrected chi connectivity index (χ3v) is 8.93. The molecule has 1 saturated heterocycles. The molecule has 6 atom stereocenters. The van der Waals surface area contributed by atoms with Gasteiger partial charge in [0.05, 0.1) is 12.3 Å². The number of esters is 1. The summed E-state index contributed by atoms with van der Waals surface area (Å²) in [5.41, 5.74) is 4.45. The molecule has 0 aliphatic carbocycles. The first kappa shape index (κ1) is 33.3. The number of carbonyl (C=O) groups excluding carboxylic acids is 1. The summed E-state index contributed by atoms with van der Waals surface area (Å²) in [5, 5.41) is 38.7. The summed E-state index contributed by atoms with van der Waals surface area (Å²) in [5.74, 6) is -0.327. The van der Waals surface area contributed by atoms with Crippen LogP contribution in [-0.4, -0.2) is 67.8 Å². The summed E-state index contributed by atoms with van der Waals surface area (Å²) >= 11 is 0. The molecule has 44 heavy (non-hydrogen) atoms. The minimum Gasteiger partial charge on any atom is -0.465 e. The number of nitrogen functional groups attached to an aromatic ring is 1. The Morgan fingerprint density at radius 2 is 1.93 bits per heavy atom. The van der Waals surface area contributed by atoms with Crippen LogP contribution < -0.4 is 15.3 Å². The average Bonchev–Trinajstić information content (AvgIpc) is 3.55. The molecule has 1 aliphatic heterocycles. The molecule has 15 heteroatoms. The van der Waals surface area contributed by atoms with Gasteiger partial charge in [-0.25, -0.2) is 14.1 Å². The molecule has 1 fully saturated rings. The normalized spacial score (nSPS) is 23.6. The van der Waals surface area contributed by atoms with E-state index in [-0.39, 0.29) is 18.2 Å². The Morgan fingerprint density at radius 1 is 1.20 bits per heavy atom. The maximum Gasteiger partial charge on any atom is 0.459 e. The molecular weight excluding hydrogens is 591 g/mol. The number of hydrogen-bond acceptors (Lipinski definition) is 12. The molecule has 0 saturated carbocycles. The van der Waals surface area contributed by atoms with Crippen molar-refractivity contribution in [3.8, 4) is 11.8 Å². The first-order valence-corrected chi connectivity index (χ1v) is 16.1. The number of nitrogens with zero attached hydrogens (tertiary/aromatic N) is 4. The highest BCUT2D eigenvalue weighted by molar-refractivity contribution is 7.52. The highest BCUT2D eigenvalue weighted by atomic mass is 31.2. The fourth-order valence-electron chi connectivity index (χ4n) is 4.84. The van der Waals surface area contributed by atoms with Crippen LogP contribution in [0.2, 0.25) is 0 Å². The van der Waals surface area contributed by atoms with Gasteiger partial charge < -0.3 is 29.9 Å². The third-order valence-electron chi connectivity index (χ3n) is 7.31. The molecule has 2 aromatic heterocycles. The summed E-state index contributed by atoms with van der Waals surface area (Å²) in [4.78, 5) is 16.6. The molecule has 0 radical (unpaired) electrons. The van der Waals surface area contributed by atoms with Gasteiger partial charge in [0.1, 0.15) is 54.6 Å². The second kappa shape index (κ2) is 14.9. The smallest absolute Gasteiger partial charge is 0.459 e. The second-order valence-corrected chi connectivity index (χ2v) is 12.3. The lowest BCUT2D eigenvalue weighted by Gasteiger charge is -2.28. The lowest BCUT2D eigenvalue weighted by atomic mass is 9.96. The number of benzene rings is 1. The van der Waals surface area contributed by atoms with E-state index in [1.54, 1.807) is 30.3 Å². The van der Waals surface area contributed by atoms with Crippen molar-refractivity contribution in [3.63, 3.8) is 0 Å². The number of nitrogens with one attached hydrogen (secondary N) is 1. The van der Waals surface area contributed by atoms with Crippen molar-refractivity contribution >= 4 is 25.1 Å². The Hall–Kier alpha value is -3.57. The number of anilines is 1. The molecule has 3 heterocycles. The van der Waals surface area contributed by atoms with E-state index >= 15 is 0 Å². The summed E-state index contributed by atoms with van der Waals surface area (Å²) in [6, 6.07) is 12.0. The quantitative estimate of drug-likeness (QED) is 0.102. The number of nitrogens with two attached hydrogens (primary N) is 1. The van der Waals surface area contributed by atoms with Gasteiger partial charge in [0, 0.05) is 0 Å². The molecule has 1 aromatic carbocycles. The maximum absolute atomic E-state index is 14.0. The molecular formula is C29H39N6O8P. The Bertz CT molecular complexity index is 1480. The van der Waals surface area contributed by atoms with Gasteiger partial charge in [0.25, 0.3) is 0 Å². The van der Waals surface area contributed by atoms with Gasteiger partial charge in [-0.1, -0.05) is 57.2 Å². The van der Waals surface area contributed by atoms with Crippen LogP contribution >= 0.6 is 7.75 Å². The summed E-state index contributed by atoms with van der Waals surface area (Å²) in [7, 11) is -4.41. The van der Waals surface area contributed by atoms with Gasteiger partial charge in [-0.15, -0.1) is 0 Å². The monoisotopic (exact) mass is 630 g/mol. The van der Waals surface area contributed by atoms with Crippen molar-refractivity contribution in [1.29, 1.82) is 5.26 Å². The average molecular weight is 631 g/mol. The van der Waals surface area contributed by atoms with Gasteiger partial charge in [-0.3, -0.25) is 9.32 Å². The molecule has 3 aromatic rings. The minimum absolute atomic E-state index is 0.157. The van der Waals surface area contributed by atoms with Crippen molar-refractivity contribution in [2.45, 2.75) is 82.3 Å². The zero-order valence-corrected chi connectivity index (χ0v) is 25.6. The SMILES string of the molecule is CCCCCCCCOC(=O)[C@H](C)NP(=O)(OC[C@@]1(C#N)O[C@@H](c2ccc3c(N)ncnn23)[C@H](O)[C@@H]1O)Oc1ccccc1. The van der Waals surface area contributed by atoms with Gasteiger partial charge in [-0.2, -0.15) is 15.4 Å². The van der Waals surface area contributed by atoms with Crippen LogP contribution in [0.1, 0.15) is 64.2 Å². The van der Waals surface area contributed by atoms with E-state index < -0.39 is 50.3 Å². The number of fused-ring (bicyclic) bond motifs is 1. The Morgan fingerprint density at radius 3 is 2.66 bits per heavy atom. The minimum atomic E-state index is -4.41. The number of para-hydroxylation sites is 1. The lowest BCUT2D eigenvalue weighted by molar-refractivity contribution is -0.145. The molecule has 0 spiro atoms. The Kier molecular flexibility index (Phi) is 11.3. The Labute approximate surface area is 255 Å². The predicted molar refractivity (Wildman–Crippen MR) is 159 cm³/mol. The number of aliphatic hydroxyl groups is 2. The van der Waals surface area contributed by atoms with E-state index in [1.165, 1.54) is 36.3 Å². The fourth-order valence-corrected chi connectivity index (χ4v) is 6.36. The van der Waals surface area contributed by atoms with Crippen LogP contribution in [0.15, 0.2) is 48.8 Å². The van der Waals surface area contributed by atoms with Crippen LogP contribution in [0, 0.1) is 11.3 Å². The van der Waals surface area contributed by atoms with Crippen LogP contribution in [0.25, 0.3) is 5.52 Å². The van der Waals surface area contributed by atoms with Gasteiger partial charge in [-0.05, 0) is 37.6 Å². The molecule has 1 unspecified atom stereocenters. The summed E-state index contributed by atoms with van der Waals surface area (Å²) in [6.07, 6.45) is 2.73. The number of rotatable bonds is 16. The van der Waals surface area contributed by atoms with E-state index in [9.17, 15) is 24.8 Å². The standard InChI is InChI=1S/C29H39N6O8P/c1-3-4-5-6-7-11-16-40-28(38)20(2)34-44(39,43-21-12-9-8-10-13-21)41-18-29(17-30)26(37)24(36)25(42-29)22-14-15-23-27(31)32-19-33-35(22)23/h8-10,12-15,19-20,24-26,36-37H,3-7,11,16,18H2,1-2H3,(H,34,39)(H2,31,32,33)/t20-,24-,25-,26-,29+,44?/m0/s1. The maximum atomic E-state index is 14.0. The number of carbonyl (C=O) groups is 1. The topological polar surface area (TPSA) is 204 Å². The van der Waals surface area contributed by atoms with Gasteiger partial charge >= 0.3 is 13.7 Å². The highest BCUT2D eigenvalue weighted by Gasteiger charge is 2.57. The second-order valence-electron chi connectivity index (χ2n) is 10.6. The first-order valence-electron chi connectivity index (χ1n) is 14.6. The summed E-state index contributed by atoms with van der Waals surface area (Å²) in [6.45, 7) is 3.00. The highest BCUT2D eigenvalue weighted by Crippen LogP contribution is 2.48. The van der Waals surface area contributed by atoms with Gasteiger partial charge in [0.2, 0.25) is 5.60 Å². The zero-order valence-electron chi connectivity index (χ0n) is 24.7. The predicted octanol–water partition coefficient (Wildman–Crippen LogP) is 3.45.